The molecule has 0 aromatic heterocycles. The minimum Gasteiger partial charge on any atom is -0.379 e. The predicted octanol–water partition coefficient (Wildman–Crippen LogP) is 2.93. The first-order valence-corrected chi connectivity index (χ1v) is 10.1. The Bertz CT molecular complexity index is 926. The van der Waals surface area contributed by atoms with Crippen molar-refractivity contribution in [2.45, 2.75) is 31.3 Å². The Morgan fingerprint density at radius 2 is 1.87 bits per heavy atom. The van der Waals surface area contributed by atoms with Crippen LogP contribution in [0, 0.1) is 11.6 Å². The highest BCUT2D eigenvalue weighted by molar-refractivity contribution is 5.82. The zero-order valence-corrected chi connectivity index (χ0v) is 16.7. The fraction of sp³-hybridized carbons (Fsp3) is 0.391. The molecule has 1 spiro atoms. The summed E-state index contributed by atoms with van der Waals surface area (Å²) in [4.78, 5) is 29.5. The Morgan fingerprint density at radius 1 is 1.07 bits per heavy atom. The number of ether oxygens (including phenoxy) is 1. The largest absolute Gasteiger partial charge is 0.379 e. The van der Waals surface area contributed by atoms with Crippen molar-refractivity contribution in [3.63, 3.8) is 0 Å². The molecule has 1 atom stereocenters. The average Bonchev–Trinajstić information content (AvgIpc) is 3.14. The number of hydrogen-bond acceptors (Lipinski definition) is 3. The SMILES string of the molecule is O=C(Cc1cccc(F)c1)N1CCC(=O)N(Cc2ccc(F)cc2)C2(CCOC2)C1. The van der Waals surface area contributed by atoms with Gasteiger partial charge in [0, 0.05) is 32.7 Å². The quantitative estimate of drug-likeness (QED) is 0.773. The molecule has 0 bridgehead atoms. The molecule has 2 aliphatic rings. The van der Waals surface area contributed by atoms with Crippen molar-refractivity contribution in [3.05, 3.63) is 71.3 Å². The number of benzene rings is 2. The van der Waals surface area contributed by atoms with Gasteiger partial charge in [-0.15, -0.1) is 0 Å². The Hall–Kier alpha value is -2.80. The van der Waals surface area contributed by atoms with Crippen LogP contribution >= 0.6 is 0 Å². The maximum Gasteiger partial charge on any atom is 0.227 e. The predicted molar refractivity (Wildman–Crippen MR) is 106 cm³/mol. The molecule has 1 unspecified atom stereocenters. The lowest BCUT2D eigenvalue weighted by Gasteiger charge is -2.40. The van der Waals surface area contributed by atoms with E-state index in [1.807, 2.05) is 0 Å². The van der Waals surface area contributed by atoms with Crippen molar-refractivity contribution in [2.24, 2.45) is 0 Å². The lowest BCUT2D eigenvalue weighted by atomic mass is 9.94. The van der Waals surface area contributed by atoms with Gasteiger partial charge in [0.25, 0.3) is 0 Å². The van der Waals surface area contributed by atoms with E-state index >= 15 is 0 Å². The monoisotopic (exact) mass is 414 g/mol. The van der Waals surface area contributed by atoms with Crippen molar-refractivity contribution in [3.8, 4) is 0 Å². The molecule has 2 aliphatic heterocycles. The van der Waals surface area contributed by atoms with Crippen LogP contribution in [0.15, 0.2) is 48.5 Å². The van der Waals surface area contributed by atoms with Gasteiger partial charge in [0.1, 0.15) is 11.6 Å². The molecule has 2 saturated heterocycles. The lowest BCUT2D eigenvalue weighted by molar-refractivity contribution is -0.138. The molecule has 2 heterocycles. The van der Waals surface area contributed by atoms with Crippen LogP contribution < -0.4 is 0 Å². The number of hydrogen-bond donors (Lipinski definition) is 0. The van der Waals surface area contributed by atoms with Crippen molar-refractivity contribution in [2.75, 3.05) is 26.3 Å². The normalized spacial score (nSPS) is 21.9. The molecule has 0 saturated carbocycles. The summed E-state index contributed by atoms with van der Waals surface area (Å²) < 4.78 is 32.4. The Kier molecular flexibility index (Phi) is 5.81. The topological polar surface area (TPSA) is 49.9 Å². The second-order valence-electron chi connectivity index (χ2n) is 8.01. The molecular formula is C23H24F2N2O3. The summed E-state index contributed by atoms with van der Waals surface area (Å²) in [5.74, 6) is -0.888. The van der Waals surface area contributed by atoms with Gasteiger partial charge in [-0.25, -0.2) is 8.78 Å². The number of carbonyl (C=O) groups excluding carboxylic acids is 2. The molecule has 5 nitrogen and oxygen atoms in total. The third-order valence-electron chi connectivity index (χ3n) is 5.89. The minimum atomic E-state index is -0.612. The summed E-state index contributed by atoms with van der Waals surface area (Å²) in [6, 6.07) is 12.1. The number of rotatable bonds is 4. The van der Waals surface area contributed by atoms with Crippen LogP contribution in [0.3, 0.4) is 0 Å². The molecule has 0 N–H and O–H groups in total. The lowest BCUT2D eigenvalue weighted by Crippen LogP contribution is -2.56. The van der Waals surface area contributed by atoms with Gasteiger partial charge >= 0.3 is 0 Å². The van der Waals surface area contributed by atoms with E-state index in [1.165, 1.54) is 24.3 Å². The first-order chi connectivity index (χ1) is 14.4. The molecule has 2 aromatic rings. The van der Waals surface area contributed by atoms with E-state index in [9.17, 15) is 18.4 Å². The fourth-order valence-electron chi connectivity index (χ4n) is 4.26. The number of carbonyl (C=O) groups is 2. The summed E-state index contributed by atoms with van der Waals surface area (Å²) in [6.07, 6.45) is 0.919. The van der Waals surface area contributed by atoms with Crippen LogP contribution in [0.25, 0.3) is 0 Å². The van der Waals surface area contributed by atoms with E-state index in [1.54, 1.807) is 34.1 Å². The molecule has 2 aromatic carbocycles. The van der Waals surface area contributed by atoms with E-state index < -0.39 is 5.54 Å². The molecule has 4 rings (SSSR count). The van der Waals surface area contributed by atoms with Crippen molar-refractivity contribution in [1.82, 2.24) is 9.80 Å². The second kappa shape index (κ2) is 8.52. The zero-order chi connectivity index (χ0) is 21.1. The molecule has 0 aliphatic carbocycles. The number of amides is 2. The Balaban J connectivity index is 1.55. The van der Waals surface area contributed by atoms with Gasteiger partial charge in [0.2, 0.25) is 11.8 Å². The Morgan fingerprint density at radius 3 is 2.57 bits per heavy atom. The van der Waals surface area contributed by atoms with Gasteiger partial charge in [-0.2, -0.15) is 0 Å². The van der Waals surface area contributed by atoms with Crippen LogP contribution in [0.1, 0.15) is 24.0 Å². The van der Waals surface area contributed by atoms with E-state index in [-0.39, 0.29) is 36.3 Å². The molecule has 2 amide bonds. The van der Waals surface area contributed by atoms with E-state index in [0.29, 0.717) is 44.8 Å². The maximum atomic E-state index is 13.5. The summed E-state index contributed by atoms with van der Waals surface area (Å²) in [6.45, 7) is 1.89. The fourth-order valence-corrected chi connectivity index (χ4v) is 4.26. The molecule has 0 radical (unpaired) electrons. The van der Waals surface area contributed by atoms with Crippen LogP contribution in [0.4, 0.5) is 8.78 Å². The zero-order valence-electron chi connectivity index (χ0n) is 16.7. The van der Waals surface area contributed by atoms with E-state index in [4.69, 9.17) is 4.74 Å². The van der Waals surface area contributed by atoms with Gasteiger partial charge in [-0.1, -0.05) is 24.3 Å². The third kappa shape index (κ3) is 4.36. The van der Waals surface area contributed by atoms with E-state index in [0.717, 1.165) is 5.56 Å². The van der Waals surface area contributed by atoms with E-state index in [2.05, 4.69) is 0 Å². The van der Waals surface area contributed by atoms with Gasteiger partial charge < -0.3 is 14.5 Å². The molecular weight excluding hydrogens is 390 g/mol. The summed E-state index contributed by atoms with van der Waals surface area (Å²) >= 11 is 0. The van der Waals surface area contributed by atoms with Crippen molar-refractivity contribution < 1.29 is 23.1 Å². The highest BCUT2D eigenvalue weighted by Crippen LogP contribution is 2.32. The van der Waals surface area contributed by atoms with Crippen molar-refractivity contribution in [1.29, 1.82) is 0 Å². The van der Waals surface area contributed by atoms with Gasteiger partial charge in [0.15, 0.2) is 0 Å². The second-order valence-corrected chi connectivity index (χ2v) is 8.01. The van der Waals surface area contributed by atoms with Crippen LogP contribution in [0.5, 0.6) is 0 Å². The van der Waals surface area contributed by atoms with Gasteiger partial charge in [0.05, 0.1) is 18.6 Å². The van der Waals surface area contributed by atoms with Gasteiger partial charge in [-0.3, -0.25) is 9.59 Å². The van der Waals surface area contributed by atoms with Crippen LogP contribution in [-0.2, 0) is 27.3 Å². The van der Waals surface area contributed by atoms with Crippen molar-refractivity contribution >= 4 is 11.8 Å². The molecule has 30 heavy (non-hydrogen) atoms. The highest BCUT2D eigenvalue weighted by atomic mass is 19.1. The Labute approximate surface area is 174 Å². The summed E-state index contributed by atoms with van der Waals surface area (Å²) in [7, 11) is 0. The number of nitrogens with zero attached hydrogens (tertiary/aromatic N) is 2. The summed E-state index contributed by atoms with van der Waals surface area (Å²) in [5, 5.41) is 0. The van der Waals surface area contributed by atoms with Crippen LogP contribution in [0.2, 0.25) is 0 Å². The minimum absolute atomic E-state index is 0.0501. The average molecular weight is 414 g/mol. The first-order valence-electron chi connectivity index (χ1n) is 10.1. The van der Waals surface area contributed by atoms with Gasteiger partial charge in [-0.05, 0) is 41.8 Å². The highest BCUT2D eigenvalue weighted by Gasteiger charge is 2.46. The van der Waals surface area contributed by atoms with Crippen LogP contribution in [-0.4, -0.2) is 53.5 Å². The number of halogens is 2. The smallest absolute Gasteiger partial charge is 0.227 e. The molecule has 2 fully saturated rings. The summed E-state index contributed by atoms with van der Waals surface area (Å²) in [5.41, 5.74) is 0.825. The molecule has 7 heteroatoms. The third-order valence-corrected chi connectivity index (χ3v) is 5.89. The molecule has 158 valence electrons. The standard InChI is InChI=1S/C23H24F2N2O3/c24-19-6-4-17(5-7-19)14-27-21(28)8-10-26(15-23(27)9-11-30-16-23)22(29)13-18-2-1-3-20(25)12-18/h1-7,12H,8-11,13-16H2. The first kappa shape index (κ1) is 20.5. The maximum absolute atomic E-state index is 13.5.